The van der Waals surface area contributed by atoms with Crippen molar-refractivity contribution in [1.82, 2.24) is 10.2 Å². The van der Waals surface area contributed by atoms with Gasteiger partial charge in [0.2, 0.25) is 5.91 Å². The summed E-state index contributed by atoms with van der Waals surface area (Å²) in [6.45, 7) is 1.98. The SMILES string of the molecule is N#CC1(NC(=O)CN2CC[C@@H](c3ccccc3)[C@@H](CO)C2)CCCCC1. The maximum Gasteiger partial charge on any atom is 0.235 e. The molecule has 5 heteroatoms. The number of hydrogen-bond acceptors (Lipinski definition) is 4. The van der Waals surface area contributed by atoms with Crippen LogP contribution in [-0.2, 0) is 4.79 Å². The van der Waals surface area contributed by atoms with Crippen molar-refractivity contribution in [2.24, 2.45) is 5.92 Å². The number of likely N-dealkylation sites (tertiary alicyclic amines) is 1. The monoisotopic (exact) mass is 355 g/mol. The molecule has 0 unspecified atom stereocenters. The number of aliphatic hydroxyl groups excluding tert-OH is 1. The van der Waals surface area contributed by atoms with E-state index in [1.807, 2.05) is 18.2 Å². The largest absolute Gasteiger partial charge is 0.396 e. The number of nitrogens with one attached hydrogen (secondary N) is 1. The molecule has 1 aliphatic carbocycles. The van der Waals surface area contributed by atoms with Crippen molar-refractivity contribution in [3.63, 3.8) is 0 Å². The van der Waals surface area contributed by atoms with Crippen LogP contribution >= 0.6 is 0 Å². The average molecular weight is 355 g/mol. The highest BCUT2D eigenvalue weighted by Gasteiger charge is 2.35. The Hall–Kier alpha value is -1.90. The van der Waals surface area contributed by atoms with Crippen LogP contribution in [0.2, 0.25) is 0 Å². The van der Waals surface area contributed by atoms with Crippen molar-refractivity contribution < 1.29 is 9.90 Å². The summed E-state index contributed by atoms with van der Waals surface area (Å²) in [7, 11) is 0. The minimum Gasteiger partial charge on any atom is -0.396 e. The lowest BCUT2D eigenvalue weighted by Gasteiger charge is -2.38. The summed E-state index contributed by atoms with van der Waals surface area (Å²) < 4.78 is 0. The lowest BCUT2D eigenvalue weighted by Crippen LogP contribution is -2.53. The molecule has 0 spiro atoms. The predicted octanol–water partition coefficient (Wildman–Crippen LogP) is 2.43. The Balaban J connectivity index is 1.56. The summed E-state index contributed by atoms with van der Waals surface area (Å²) >= 11 is 0. The van der Waals surface area contributed by atoms with Crippen LogP contribution in [0.15, 0.2) is 30.3 Å². The second-order valence-electron chi connectivity index (χ2n) is 7.79. The van der Waals surface area contributed by atoms with E-state index in [0.29, 0.717) is 19.0 Å². The van der Waals surface area contributed by atoms with E-state index in [2.05, 4.69) is 28.4 Å². The average Bonchev–Trinajstić information content (AvgIpc) is 2.69. The summed E-state index contributed by atoms with van der Waals surface area (Å²) in [5, 5.41) is 22.4. The van der Waals surface area contributed by atoms with Crippen LogP contribution in [-0.4, -0.2) is 47.7 Å². The minimum atomic E-state index is -0.673. The summed E-state index contributed by atoms with van der Waals surface area (Å²) in [6.07, 6.45) is 5.59. The molecule has 0 aromatic heterocycles. The van der Waals surface area contributed by atoms with Crippen molar-refractivity contribution in [2.75, 3.05) is 26.2 Å². The molecule has 140 valence electrons. The van der Waals surface area contributed by atoms with E-state index >= 15 is 0 Å². The zero-order valence-electron chi connectivity index (χ0n) is 15.4. The fourth-order valence-electron chi connectivity index (χ4n) is 4.50. The topological polar surface area (TPSA) is 76.4 Å². The van der Waals surface area contributed by atoms with E-state index < -0.39 is 5.54 Å². The fourth-order valence-corrected chi connectivity index (χ4v) is 4.50. The first-order chi connectivity index (χ1) is 12.7. The third-order valence-corrected chi connectivity index (χ3v) is 5.95. The zero-order chi connectivity index (χ0) is 18.4. The third-order valence-electron chi connectivity index (χ3n) is 5.95. The number of benzene rings is 1. The molecule has 2 atom stereocenters. The molecule has 0 bridgehead atoms. The van der Waals surface area contributed by atoms with Crippen LogP contribution in [0.1, 0.15) is 50.0 Å². The Morgan fingerprint density at radius 2 is 2.00 bits per heavy atom. The van der Waals surface area contributed by atoms with Crippen LogP contribution in [0.4, 0.5) is 0 Å². The summed E-state index contributed by atoms with van der Waals surface area (Å²) in [4.78, 5) is 14.6. The number of hydrogen-bond donors (Lipinski definition) is 2. The highest BCUT2D eigenvalue weighted by atomic mass is 16.3. The standard InChI is InChI=1S/C21H29N3O2/c22-16-21(10-5-2-6-11-21)23-20(26)14-24-12-9-19(18(13-24)15-25)17-7-3-1-4-8-17/h1,3-4,7-8,18-19,25H,2,5-6,9-15H2,(H,23,26)/t18-,19+/m1/s1. The fraction of sp³-hybridized carbons (Fsp3) is 0.619. The smallest absolute Gasteiger partial charge is 0.235 e. The molecule has 3 rings (SSSR count). The second kappa shape index (κ2) is 8.66. The number of piperidine rings is 1. The molecule has 1 aromatic rings. The van der Waals surface area contributed by atoms with Gasteiger partial charge in [-0.3, -0.25) is 9.69 Å². The lowest BCUT2D eigenvalue weighted by atomic mass is 9.81. The van der Waals surface area contributed by atoms with Gasteiger partial charge in [0.15, 0.2) is 0 Å². The Morgan fingerprint density at radius 3 is 2.65 bits per heavy atom. The van der Waals surface area contributed by atoms with Gasteiger partial charge in [0, 0.05) is 19.1 Å². The molecule has 1 heterocycles. The molecule has 1 aliphatic heterocycles. The number of nitriles is 1. The minimum absolute atomic E-state index is 0.0664. The molecule has 5 nitrogen and oxygen atoms in total. The quantitative estimate of drug-likeness (QED) is 0.850. The van der Waals surface area contributed by atoms with E-state index in [1.54, 1.807) is 0 Å². The van der Waals surface area contributed by atoms with Gasteiger partial charge in [-0.15, -0.1) is 0 Å². The van der Waals surface area contributed by atoms with Crippen molar-refractivity contribution >= 4 is 5.91 Å². The third kappa shape index (κ3) is 4.44. The molecule has 1 amide bonds. The number of amides is 1. The zero-order valence-corrected chi connectivity index (χ0v) is 15.4. The van der Waals surface area contributed by atoms with Crippen molar-refractivity contribution in [1.29, 1.82) is 5.26 Å². The summed E-state index contributed by atoms with van der Waals surface area (Å²) in [6, 6.07) is 12.7. The van der Waals surface area contributed by atoms with Crippen LogP contribution in [0.25, 0.3) is 0 Å². The number of carbonyl (C=O) groups is 1. The molecule has 2 N–H and O–H groups in total. The van der Waals surface area contributed by atoms with Crippen LogP contribution in [0.5, 0.6) is 0 Å². The molecule has 1 aromatic carbocycles. The summed E-state index contributed by atoms with van der Waals surface area (Å²) in [5.74, 6) is 0.408. The number of carbonyl (C=O) groups excluding carboxylic acids is 1. The van der Waals surface area contributed by atoms with E-state index in [0.717, 1.165) is 45.1 Å². The van der Waals surface area contributed by atoms with E-state index in [-0.39, 0.29) is 18.4 Å². The van der Waals surface area contributed by atoms with Gasteiger partial charge >= 0.3 is 0 Å². The maximum absolute atomic E-state index is 12.5. The Kier molecular flexibility index (Phi) is 6.29. The molecule has 1 saturated heterocycles. The lowest BCUT2D eigenvalue weighted by molar-refractivity contribution is -0.124. The Morgan fingerprint density at radius 1 is 1.27 bits per heavy atom. The van der Waals surface area contributed by atoms with E-state index in [9.17, 15) is 15.2 Å². The van der Waals surface area contributed by atoms with Gasteiger partial charge in [0.05, 0.1) is 12.6 Å². The van der Waals surface area contributed by atoms with Gasteiger partial charge in [0.1, 0.15) is 5.54 Å². The second-order valence-corrected chi connectivity index (χ2v) is 7.79. The molecular weight excluding hydrogens is 326 g/mol. The van der Waals surface area contributed by atoms with Gasteiger partial charge in [-0.05, 0) is 37.3 Å². The summed E-state index contributed by atoms with van der Waals surface area (Å²) in [5.41, 5.74) is 0.593. The van der Waals surface area contributed by atoms with Crippen LogP contribution < -0.4 is 5.32 Å². The van der Waals surface area contributed by atoms with Gasteiger partial charge in [-0.2, -0.15) is 5.26 Å². The molecule has 0 radical (unpaired) electrons. The predicted molar refractivity (Wildman–Crippen MR) is 100 cm³/mol. The Bertz CT molecular complexity index is 634. The Labute approximate surface area is 156 Å². The van der Waals surface area contributed by atoms with Crippen molar-refractivity contribution in [2.45, 2.75) is 50.0 Å². The first kappa shape index (κ1) is 18.9. The van der Waals surface area contributed by atoms with Gasteiger partial charge in [-0.25, -0.2) is 0 Å². The molecule has 26 heavy (non-hydrogen) atoms. The highest BCUT2D eigenvalue weighted by Crippen LogP contribution is 2.33. The van der Waals surface area contributed by atoms with Crippen molar-refractivity contribution in [3.8, 4) is 6.07 Å². The number of aliphatic hydroxyl groups is 1. The molecule has 2 fully saturated rings. The number of nitrogens with zero attached hydrogens (tertiary/aromatic N) is 2. The first-order valence-corrected chi connectivity index (χ1v) is 9.76. The first-order valence-electron chi connectivity index (χ1n) is 9.76. The molecule has 1 saturated carbocycles. The molecular formula is C21H29N3O2. The van der Waals surface area contributed by atoms with Crippen LogP contribution in [0, 0.1) is 17.2 Å². The van der Waals surface area contributed by atoms with Gasteiger partial charge < -0.3 is 10.4 Å². The highest BCUT2D eigenvalue weighted by molar-refractivity contribution is 5.79. The van der Waals surface area contributed by atoms with Crippen LogP contribution in [0.3, 0.4) is 0 Å². The van der Waals surface area contributed by atoms with E-state index in [1.165, 1.54) is 5.56 Å². The maximum atomic E-state index is 12.5. The number of rotatable bonds is 5. The van der Waals surface area contributed by atoms with Gasteiger partial charge in [-0.1, -0.05) is 49.6 Å². The van der Waals surface area contributed by atoms with Crippen molar-refractivity contribution in [3.05, 3.63) is 35.9 Å². The van der Waals surface area contributed by atoms with Gasteiger partial charge in [0.25, 0.3) is 0 Å². The van der Waals surface area contributed by atoms with E-state index in [4.69, 9.17) is 0 Å². The normalized spacial score (nSPS) is 26.0. The molecule has 2 aliphatic rings.